The number of hydrogen-bond donors (Lipinski definition) is 2. The fourth-order valence-electron chi connectivity index (χ4n) is 2.90. The Labute approximate surface area is 182 Å². The highest BCUT2D eigenvalue weighted by atomic mass is 32.1. The highest BCUT2D eigenvalue weighted by molar-refractivity contribution is 7.23. The molecule has 0 unspecified atom stereocenters. The maximum Gasteiger partial charge on any atom is 0.203 e. The zero-order chi connectivity index (χ0) is 20.9. The van der Waals surface area contributed by atoms with E-state index >= 15 is 0 Å². The quantitative estimate of drug-likeness (QED) is 0.287. The molecule has 30 heavy (non-hydrogen) atoms. The minimum Gasteiger partial charge on any atom is -0.494 e. The summed E-state index contributed by atoms with van der Waals surface area (Å²) in [6.07, 6.45) is 0. The number of rotatable bonds is 7. The highest BCUT2D eigenvalue weighted by Crippen LogP contribution is 2.31. The number of anilines is 2. The fraction of sp³-hybridized carbons (Fsp3) is 0.286. The molecule has 2 N–H and O–H groups in total. The van der Waals surface area contributed by atoms with Crippen molar-refractivity contribution in [2.24, 2.45) is 4.99 Å². The zero-order valence-corrected chi connectivity index (χ0v) is 18.7. The first-order valence-electron chi connectivity index (χ1n) is 9.83. The summed E-state index contributed by atoms with van der Waals surface area (Å²) in [5.74, 6) is 2.31. The lowest BCUT2D eigenvalue weighted by Gasteiger charge is -2.07. The lowest BCUT2D eigenvalue weighted by Crippen LogP contribution is -2.22. The maximum atomic E-state index is 5.58. The molecule has 4 rings (SSSR count). The van der Waals surface area contributed by atoms with Gasteiger partial charge in [0.1, 0.15) is 11.5 Å². The van der Waals surface area contributed by atoms with Crippen molar-refractivity contribution in [3.8, 4) is 11.5 Å². The van der Waals surface area contributed by atoms with E-state index in [9.17, 15) is 0 Å². The summed E-state index contributed by atoms with van der Waals surface area (Å²) in [6.45, 7) is 7.85. The van der Waals surface area contributed by atoms with Crippen molar-refractivity contribution in [1.29, 1.82) is 0 Å². The van der Waals surface area contributed by atoms with Gasteiger partial charge in [0.15, 0.2) is 10.3 Å². The van der Waals surface area contributed by atoms with Gasteiger partial charge in [0.25, 0.3) is 0 Å². The van der Waals surface area contributed by atoms with Crippen LogP contribution in [0.3, 0.4) is 0 Å². The molecule has 4 aromatic rings. The van der Waals surface area contributed by atoms with Crippen LogP contribution in [0.2, 0.25) is 0 Å². The Morgan fingerprint density at radius 1 is 0.833 bits per heavy atom. The predicted octanol–water partition coefficient (Wildman–Crippen LogP) is 5.60. The van der Waals surface area contributed by atoms with Crippen LogP contribution in [-0.4, -0.2) is 35.7 Å². The van der Waals surface area contributed by atoms with Crippen LogP contribution in [0.25, 0.3) is 20.4 Å². The minimum atomic E-state index is 0.616. The predicted molar refractivity (Wildman–Crippen MR) is 127 cm³/mol. The van der Waals surface area contributed by atoms with Crippen LogP contribution >= 0.6 is 22.7 Å². The second-order valence-electron chi connectivity index (χ2n) is 6.24. The first-order valence-corrected chi connectivity index (χ1v) is 11.5. The van der Waals surface area contributed by atoms with Gasteiger partial charge in [-0.1, -0.05) is 22.7 Å². The Bertz CT molecular complexity index is 1100. The number of aromatic nitrogens is 2. The normalized spacial score (nSPS) is 10.9. The van der Waals surface area contributed by atoms with Gasteiger partial charge >= 0.3 is 0 Å². The lowest BCUT2D eigenvalue weighted by molar-refractivity contribution is 0.340. The Morgan fingerprint density at radius 2 is 1.33 bits per heavy atom. The largest absolute Gasteiger partial charge is 0.494 e. The van der Waals surface area contributed by atoms with Crippen LogP contribution in [-0.2, 0) is 0 Å². The Balaban J connectivity index is 1.53. The Hall–Kier alpha value is -2.91. The van der Waals surface area contributed by atoms with E-state index in [2.05, 4.69) is 25.6 Å². The third kappa shape index (κ3) is 4.63. The van der Waals surface area contributed by atoms with Gasteiger partial charge in [0.05, 0.1) is 33.6 Å². The molecule has 7 nitrogen and oxygen atoms in total. The number of benzene rings is 2. The monoisotopic (exact) mass is 441 g/mol. The van der Waals surface area contributed by atoms with Gasteiger partial charge in [0, 0.05) is 6.54 Å². The smallest absolute Gasteiger partial charge is 0.203 e. The van der Waals surface area contributed by atoms with Crippen LogP contribution in [0.4, 0.5) is 10.3 Å². The second kappa shape index (κ2) is 9.27. The molecule has 0 fully saturated rings. The van der Waals surface area contributed by atoms with E-state index in [1.54, 1.807) is 22.7 Å². The molecule has 2 heterocycles. The number of nitrogens with zero attached hydrogens (tertiary/aromatic N) is 3. The van der Waals surface area contributed by atoms with Crippen molar-refractivity contribution < 1.29 is 9.47 Å². The summed E-state index contributed by atoms with van der Waals surface area (Å²) in [6, 6.07) is 11.8. The summed E-state index contributed by atoms with van der Waals surface area (Å²) >= 11 is 3.12. The van der Waals surface area contributed by atoms with E-state index in [4.69, 9.17) is 9.47 Å². The van der Waals surface area contributed by atoms with Gasteiger partial charge in [-0.05, 0) is 57.2 Å². The van der Waals surface area contributed by atoms with Gasteiger partial charge in [0.2, 0.25) is 5.96 Å². The summed E-state index contributed by atoms with van der Waals surface area (Å²) in [5.41, 5.74) is 1.84. The average molecular weight is 442 g/mol. The number of guanidine groups is 1. The molecule has 0 radical (unpaired) electrons. The van der Waals surface area contributed by atoms with Gasteiger partial charge < -0.3 is 20.1 Å². The van der Waals surface area contributed by atoms with Crippen LogP contribution in [0.5, 0.6) is 11.5 Å². The van der Waals surface area contributed by atoms with E-state index in [1.165, 1.54) is 0 Å². The van der Waals surface area contributed by atoms with E-state index < -0.39 is 0 Å². The topological polar surface area (TPSA) is 80.7 Å². The number of ether oxygens (including phenoxy) is 2. The molecule has 0 saturated carbocycles. The first-order chi connectivity index (χ1) is 14.7. The van der Waals surface area contributed by atoms with Crippen molar-refractivity contribution in [2.75, 3.05) is 30.4 Å². The highest BCUT2D eigenvalue weighted by Gasteiger charge is 2.11. The molecular formula is C21H23N5O2S2. The van der Waals surface area contributed by atoms with Crippen molar-refractivity contribution in [1.82, 2.24) is 9.97 Å². The standard InChI is InChI=1S/C21H23N5O2S2/c1-4-22-19(25-20-23-15-9-7-13(27-5-2)11-17(15)29-20)26-21-24-16-10-8-14(28-6-3)12-18(16)30-21/h7-12H,4-6H2,1-3H3,(H2,22,23,24,25,26). The molecule has 0 aliphatic carbocycles. The van der Waals surface area contributed by atoms with Crippen molar-refractivity contribution in [3.63, 3.8) is 0 Å². The number of fused-ring (bicyclic) bond motifs is 2. The molecule has 9 heteroatoms. The molecule has 0 saturated heterocycles. The maximum absolute atomic E-state index is 5.58. The second-order valence-corrected chi connectivity index (χ2v) is 8.30. The van der Waals surface area contributed by atoms with E-state index in [0.717, 1.165) is 42.2 Å². The van der Waals surface area contributed by atoms with Gasteiger partial charge in [-0.25, -0.2) is 9.97 Å². The number of hydrogen-bond acceptors (Lipinski definition) is 7. The van der Waals surface area contributed by atoms with E-state index in [-0.39, 0.29) is 0 Å². The minimum absolute atomic E-state index is 0.616. The molecular weight excluding hydrogens is 418 g/mol. The summed E-state index contributed by atoms with van der Waals surface area (Å²) in [7, 11) is 0. The van der Waals surface area contributed by atoms with Crippen molar-refractivity contribution in [3.05, 3.63) is 36.4 Å². The van der Waals surface area contributed by atoms with E-state index in [0.29, 0.717) is 25.7 Å². The Morgan fingerprint density at radius 3 is 1.77 bits per heavy atom. The number of nitrogens with one attached hydrogen (secondary N) is 2. The van der Waals surface area contributed by atoms with Crippen LogP contribution in [0.1, 0.15) is 20.8 Å². The van der Waals surface area contributed by atoms with Crippen LogP contribution in [0, 0.1) is 0 Å². The van der Waals surface area contributed by atoms with Crippen molar-refractivity contribution >= 4 is 59.3 Å². The lowest BCUT2D eigenvalue weighted by atomic mass is 10.3. The third-order valence-corrected chi connectivity index (χ3v) is 5.98. The zero-order valence-electron chi connectivity index (χ0n) is 17.1. The molecule has 2 aromatic carbocycles. The average Bonchev–Trinajstić information content (AvgIpc) is 3.30. The third-order valence-electron chi connectivity index (χ3n) is 4.11. The van der Waals surface area contributed by atoms with Gasteiger partial charge in [-0.3, -0.25) is 4.99 Å². The summed E-state index contributed by atoms with van der Waals surface area (Å²) in [5, 5.41) is 8.11. The SMILES string of the molecule is CCN=C(Nc1nc2ccc(OCC)cc2s1)Nc1nc2ccc(OCC)cc2s1. The molecule has 0 aliphatic rings. The van der Waals surface area contributed by atoms with E-state index in [1.807, 2.05) is 57.2 Å². The summed E-state index contributed by atoms with van der Waals surface area (Å²) in [4.78, 5) is 13.8. The molecule has 0 spiro atoms. The number of thiazole rings is 2. The molecule has 2 aromatic heterocycles. The van der Waals surface area contributed by atoms with Gasteiger partial charge in [-0.15, -0.1) is 0 Å². The van der Waals surface area contributed by atoms with Crippen LogP contribution < -0.4 is 20.1 Å². The number of aliphatic imine (C=N–C) groups is 1. The molecule has 0 bridgehead atoms. The van der Waals surface area contributed by atoms with Crippen molar-refractivity contribution in [2.45, 2.75) is 20.8 Å². The van der Waals surface area contributed by atoms with Gasteiger partial charge in [-0.2, -0.15) is 0 Å². The van der Waals surface area contributed by atoms with Crippen LogP contribution in [0.15, 0.2) is 41.4 Å². The molecule has 0 atom stereocenters. The molecule has 0 amide bonds. The molecule has 0 aliphatic heterocycles. The fourth-order valence-corrected chi connectivity index (χ4v) is 4.69. The first kappa shape index (κ1) is 20.4. The molecule has 156 valence electrons. The Kier molecular flexibility index (Phi) is 6.29. The summed E-state index contributed by atoms with van der Waals surface area (Å²) < 4.78 is 13.3.